The largest absolute Gasteiger partial charge is 0.504 e. The summed E-state index contributed by atoms with van der Waals surface area (Å²) in [5.74, 6) is -0.515. The minimum atomic E-state index is -0.915. The fourth-order valence-electron chi connectivity index (χ4n) is 1.35. The van der Waals surface area contributed by atoms with Crippen LogP contribution in [0.3, 0.4) is 0 Å². The third-order valence-electron chi connectivity index (χ3n) is 2.30. The normalized spacial score (nSPS) is 9.95. The van der Waals surface area contributed by atoms with Crippen molar-refractivity contribution in [3.8, 4) is 11.5 Å². The summed E-state index contributed by atoms with van der Waals surface area (Å²) < 4.78 is 14.8. The number of ether oxygens (including phenoxy) is 3. The molecule has 1 N–H and O–H groups in total. The van der Waals surface area contributed by atoms with Crippen molar-refractivity contribution < 1.29 is 34.0 Å². The van der Waals surface area contributed by atoms with Crippen molar-refractivity contribution in [1.82, 2.24) is 0 Å². The Morgan fingerprint density at radius 1 is 1.29 bits per heavy atom. The Labute approximate surface area is 120 Å². The molecule has 1 aromatic rings. The van der Waals surface area contributed by atoms with Crippen molar-refractivity contribution in [1.29, 1.82) is 0 Å². The maximum absolute atomic E-state index is 11.7. The van der Waals surface area contributed by atoms with Crippen molar-refractivity contribution in [3.63, 3.8) is 0 Å². The minimum absolute atomic E-state index is 0.0134. The zero-order valence-corrected chi connectivity index (χ0v) is 11.3. The molecule has 0 aliphatic heterocycles. The molecule has 0 spiro atoms. The highest BCUT2D eigenvalue weighted by molar-refractivity contribution is 5.90. The number of hydrogen-bond acceptors (Lipinski definition) is 8. The number of phenolic OH excluding ortho intramolecular Hbond substituents is 1. The van der Waals surface area contributed by atoms with Gasteiger partial charge in [-0.3, -0.25) is 0 Å². The first-order valence-electron chi connectivity index (χ1n) is 5.93. The van der Waals surface area contributed by atoms with Crippen LogP contribution in [0.15, 0.2) is 18.2 Å². The van der Waals surface area contributed by atoms with Gasteiger partial charge in [0.1, 0.15) is 13.2 Å². The van der Waals surface area contributed by atoms with E-state index in [1.807, 2.05) is 0 Å². The summed E-state index contributed by atoms with van der Waals surface area (Å²) in [5, 5.41) is 18.3. The van der Waals surface area contributed by atoms with Crippen LogP contribution in [0, 0.1) is 10.1 Å². The Kier molecular flexibility index (Phi) is 6.75. The van der Waals surface area contributed by atoms with Gasteiger partial charge in [-0.2, -0.15) is 0 Å². The van der Waals surface area contributed by atoms with Gasteiger partial charge in [0.2, 0.25) is 0 Å². The van der Waals surface area contributed by atoms with Gasteiger partial charge < -0.3 is 24.2 Å². The van der Waals surface area contributed by atoms with Crippen LogP contribution < -0.4 is 4.74 Å². The summed E-state index contributed by atoms with van der Waals surface area (Å²) in [4.78, 5) is 25.5. The van der Waals surface area contributed by atoms with Crippen LogP contribution in [-0.2, 0) is 14.3 Å². The van der Waals surface area contributed by atoms with Crippen LogP contribution >= 0.6 is 0 Å². The second-order valence-electron chi connectivity index (χ2n) is 3.69. The number of nitrogens with zero attached hydrogens (tertiary/aromatic N) is 1. The van der Waals surface area contributed by atoms with Crippen molar-refractivity contribution >= 4 is 5.97 Å². The molecule has 1 rings (SSSR count). The van der Waals surface area contributed by atoms with Gasteiger partial charge in [-0.1, -0.05) is 0 Å². The maximum Gasteiger partial charge on any atom is 0.338 e. The summed E-state index contributed by atoms with van der Waals surface area (Å²) in [5.41, 5.74) is 0.223. The maximum atomic E-state index is 11.7. The Morgan fingerprint density at radius 2 is 2.00 bits per heavy atom. The highest BCUT2D eigenvalue weighted by Crippen LogP contribution is 2.26. The van der Waals surface area contributed by atoms with Gasteiger partial charge in [-0.25, -0.2) is 4.79 Å². The number of phenols is 1. The average molecular weight is 301 g/mol. The van der Waals surface area contributed by atoms with E-state index in [4.69, 9.17) is 14.2 Å². The number of benzene rings is 1. The topological polar surface area (TPSA) is 117 Å². The van der Waals surface area contributed by atoms with Crippen LogP contribution in [0.5, 0.6) is 11.5 Å². The van der Waals surface area contributed by atoms with E-state index in [0.717, 1.165) is 0 Å². The van der Waals surface area contributed by atoms with Crippen LogP contribution in [0.4, 0.5) is 0 Å². The van der Waals surface area contributed by atoms with Crippen LogP contribution in [0.2, 0.25) is 0 Å². The Hall–Kier alpha value is -2.55. The molecular formula is C12H15NO8. The summed E-state index contributed by atoms with van der Waals surface area (Å²) in [6, 6.07) is 4.07. The monoisotopic (exact) mass is 301 g/mol. The van der Waals surface area contributed by atoms with Crippen LogP contribution in [0.25, 0.3) is 0 Å². The molecule has 0 bridgehead atoms. The molecule has 116 valence electrons. The molecule has 9 heteroatoms. The molecule has 9 nitrogen and oxygen atoms in total. The molecule has 0 unspecified atom stereocenters. The zero-order valence-electron chi connectivity index (χ0n) is 11.3. The highest BCUT2D eigenvalue weighted by atomic mass is 17.0. The Bertz CT molecular complexity index is 490. The molecule has 21 heavy (non-hydrogen) atoms. The standard InChI is InChI=1S/C12H15NO8/c1-18-11-8-9(2-3-10(11)14)12(15)20-6-4-19-5-7-21-13(16)17/h2-3,8,14H,4-7H2,1H3. The van der Waals surface area contributed by atoms with Gasteiger partial charge in [-0.15, -0.1) is 10.1 Å². The summed E-state index contributed by atoms with van der Waals surface area (Å²) in [6.07, 6.45) is 0. The molecular weight excluding hydrogens is 286 g/mol. The number of rotatable bonds is 9. The first-order chi connectivity index (χ1) is 10.0. The van der Waals surface area contributed by atoms with E-state index in [9.17, 15) is 20.0 Å². The van der Waals surface area contributed by atoms with E-state index in [2.05, 4.69) is 4.84 Å². The SMILES string of the molecule is COc1cc(C(=O)OCCOCCO[N+](=O)[O-])ccc1O. The predicted molar refractivity (Wildman–Crippen MR) is 68.7 cm³/mol. The van der Waals surface area contributed by atoms with Gasteiger partial charge >= 0.3 is 5.97 Å². The molecule has 0 heterocycles. The van der Waals surface area contributed by atoms with E-state index in [0.29, 0.717) is 0 Å². The Morgan fingerprint density at radius 3 is 2.67 bits per heavy atom. The third-order valence-corrected chi connectivity index (χ3v) is 2.30. The van der Waals surface area contributed by atoms with E-state index in [1.54, 1.807) is 0 Å². The van der Waals surface area contributed by atoms with Crippen molar-refractivity contribution in [2.45, 2.75) is 0 Å². The van der Waals surface area contributed by atoms with Crippen LogP contribution in [-0.4, -0.2) is 49.7 Å². The molecule has 0 aliphatic carbocycles. The van der Waals surface area contributed by atoms with Crippen molar-refractivity contribution in [3.05, 3.63) is 33.9 Å². The highest BCUT2D eigenvalue weighted by Gasteiger charge is 2.10. The molecule has 0 saturated heterocycles. The number of carbonyl (C=O) groups excluding carboxylic acids is 1. The van der Waals surface area contributed by atoms with E-state index < -0.39 is 11.1 Å². The predicted octanol–water partition coefficient (Wildman–Crippen LogP) is 0.782. The molecule has 1 aromatic carbocycles. The number of aromatic hydroxyl groups is 1. The second kappa shape index (κ2) is 8.59. The fourth-order valence-corrected chi connectivity index (χ4v) is 1.35. The first-order valence-corrected chi connectivity index (χ1v) is 5.93. The first kappa shape index (κ1) is 16.5. The van der Waals surface area contributed by atoms with Gasteiger partial charge in [-0.05, 0) is 18.2 Å². The van der Waals surface area contributed by atoms with Gasteiger partial charge in [0, 0.05) is 0 Å². The number of methoxy groups -OCH3 is 1. The molecule has 0 saturated carbocycles. The van der Waals surface area contributed by atoms with E-state index in [1.165, 1.54) is 25.3 Å². The third kappa shape index (κ3) is 5.95. The smallest absolute Gasteiger partial charge is 0.338 e. The zero-order chi connectivity index (χ0) is 15.7. The molecule has 0 fully saturated rings. The summed E-state index contributed by atoms with van der Waals surface area (Å²) in [6.45, 7) is -0.0931. The quantitative estimate of drug-likeness (QED) is 0.308. The lowest BCUT2D eigenvalue weighted by atomic mass is 10.2. The van der Waals surface area contributed by atoms with E-state index in [-0.39, 0.29) is 43.5 Å². The lowest BCUT2D eigenvalue weighted by molar-refractivity contribution is -0.758. The average Bonchev–Trinajstić information content (AvgIpc) is 2.46. The fraction of sp³-hybridized carbons (Fsp3) is 0.417. The molecule has 0 aromatic heterocycles. The summed E-state index contributed by atoms with van der Waals surface area (Å²) >= 11 is 0. The van der Waals surface area contributed by atoms with E-state index >= 15 is 0 Å². The van der Waals surface area contributed by atoms with Crippen molar-refractivity contribution in [2.24, 2.45) is 0 Å². The lowest BCUT2D eigenvalue weighted by Crippen LogP contribution is -2.14. The van der Waals surface area contributed by atoms with Crippen LogP contribution in [0.1, 0.15) is 10.4 Å². The molecule has 0 radical (unpaired) electrons. The minimum Gasteiger partial charge on any atom is -0.504 e. The molecule has 0 aliphatic rings. The van der Waals surface area contributed by atoms with Gasteiger partial charge in [0.15, 0.2) is 11.5 Å². The number of hydrogen-bond donors (Lipinski definition) is 1. The van der Waals surface area contributed by atoms with Gasteiger partial charge in [0.25, 0.3) is 5.09 Å². The Balaban J connectivity index is 2.26. The summed E-state index contributed by atoms with van der Waals surface area (Å²) in [7, 11) is 1.37. The molecule has 0 amide bonds. The van der Waals surface area contributed by atoms with Gasteiger partial charge in [0.05, 0.1) is 25.9 Å². The second-order valence-corrected chi connectivity index (χ2v) is 3.69. The molecule has 0 atom stereocenters. The number of carbonyl (C=O) groups is 1. The van der Waals surface area contributed by atoms with Crippen molar-refractivity contribution in [2.75, 3.05) is 33.5 Å². The number of esters is 1. The lowest BCUT2D eigenvalue weighted by Gasteiger charge is -2.08.